The van der Waals surface area contributed by atoms with Crippen LogP contribution in [0.1, 0.15) is 22.7 Å². The fourth-order valence-electron chi connectivity index (χ4n) is 9.34. The first-order valence-corrected chi connectivity index (χ1v) is 19.9. The number of nitrogens with zero attached hydrogens (tertiary/aromatic N) is 2. The number of aromatic nitrogens is 2. The predicted molar refractivity (Wildman–Crippen MR) is 228 cm³/mol. The molecule has 5 heteroatoms. The Balaban J connectivity index is 1.23. The van der Waals surface area contributed by atoms with Gasteiger partial charge in [-0.05, 0) is 68.1 Å². The summed E-state index contributed by atoms with van der Waals surface area (Å²) in [4.78, 5) is 12.3. The third-order valence-corrected chi connectivity index (χ3v) is 13.8. The van der Waals surface area contributed by atoms with Crippen molar-refractivity contribution in [3.05, 3.63) is 168 Å². The van der Waals surface area contributed by atoms with Crippen LogP contribution in [-0.2, 0) is 0 Å². The van der Waals surface area contributed by atoms with Gasteiger partial charge in [0, 0.05) is 46.6 Å². The van der Waals surface area contributed by atoms with E-state index in [1.165, 1.54) is 68.7 Å². The van der Waals surface area contributed by atoms with Crippen LogP contribution in [0.2, 0.25) is 0 Å². The van der Waals surface area contributed by atoms with E-state index in [0.29, 0.717) is 0 Å². The van der Waals surface area contributed by atoms with Gasteiger partial charge in [-0.2, -0.15) is 0 Å². The maximum Gasteiger partial charge on any atom is 0.144 e. The fraction of sp³-hybridized carbons (Fsp3) is 0.0204. The highest BCUT2D eigenvalue weighted by Gasteiger charge is 2.38. The van der Waals surface area contributed by atoms with Crippen LogP contribution in [0.25, 0.3) is 106 Å². The van der Waals surface area contributed by atoms with Gasteiger partial charge in [0.1, 0.15) is 21.5 Å². The van der Waals surface area contributed by atoms with Crippen LogP contribution in [0.5, 0.6) is 0 Å². The Labute approximate surface area is 316 Å². The van der Waals surface area contributed by atoms with Gasteiger partial charge in [0.15, 0.2) is 0 Å². The average Bonchev–Trinajstić information content (AvgIpc) is 3.99. The van der Waals surface area contributed by atoms with Crippen molar-refractivity contribution in [1.82, 2.24) is 9.97 Å². The molecule has 4 heterocycles. The molecule has 0 N–H and O–H groups in total. The molecule has 0 bridgehead atoms. The molecule has 54 heavy (non-hydrogen) atoms. The minimum atomic E-state index is -0.159. The monoisotopic (exact) mass is 722 g/mol. The van der Waals surface area contributed by atoms with Crippen LogP contribution in [0.3, 0.4) is 0 Å². The zero-order valence-corrected chi connectivity index (χ0v) is 30.3. The normalized spacial score (nSPS) is 14.1. The van der Waals surface area contributed by atoms with Crippen molar-refractivity contribution in [2.75, 3.05) is 0 Å². The summed E-state index contributed by atoms with van der Waals surface area (Å²) in [6.07, 6.45) is 0. The molecular weight excluding hydrogens is 697 g/mol. The van der Waals surface area contributed by atoms with E-state index in [1.807, 2.05) is 17.4 Å². The highest BCUT2D eigenvalue weighted by atomic mass is 32.1. The summed E-state index contributed by atoms with van der Waals surface area (Å²) in [7, 11) is 0. The summed E-state index contributed by atoms with van der Waals surface area (Å²) in [6.45, 7) is 0. The molecule has 0 amide bonds. The van der Waals surface area contributed by atoms with Gasteiger partial charge in [0.25, 0.3) is 0 Å². The first-order valence-electron chi connectivity index (χ1n) is 18.3. The van der Waals surface area contributed by atoms with E-state index in [-0.39, 0.29) is 5.92 Å². The van der Waals surface area contributed by atoms with Crippen molar-refractivity contribution in [2.45, 2.75) is 5.92 Å². The quantitative estimate of drug-likeness (QED) is 0.178. The molecule has 0 radical (unpaired) electrons. The standard InChI is InChI=1S/C49H26N2OS2/c1-2-13-27-26(12-1)24-25-38-40(27)42-32-18-6-4-16-30(32)39-29-15-3-5-17-31(29)41(43(39)48(42)53-38)46-44(51-49-45(50-46)34-19-8-10-23-37(34)54-49)35-21-11-20-33-28-14-7-9-22-36(28)52-47(33)35/h1-25,41H. The van der Waals surface area contributed by atoms with E-state index in [0.717, 1.165) is 54.6 Å². The van der Waals surface area contributed by atoms with Crippen LogP contribution in [-0.4, -0.2) is 9.97 Å². The van der Waals surface area contributed by atoms with Crippen molar-refractivity contribution >= 4 is 107 Å². The molecule has 1 aliphatic rings. The molecule has 0 aliphatic heterocycles. The van der Waals surface area contributed by atoms with E-state index in [4.69, 9.17) is 14.4 Å². The molecule has 0 fully saturated rings. The number of hydrogen-bond donors (Lipinski definition) is 0. The molecule has 250 valence electrons. The Bertz CT molecular complexity index is 3590. The fourth-order valence-corrected chi connectivity index (χ4v) is 11.7. The van der Waals surface area contributed by atoms with Gasteiger partial charge in [-0.1, -0.05) is 127 Å². The number of furan rings is 1. The van der Waals surface area contributed by atoms with Gasteiger partial charge in [-0.15, -0.1) is 22.7 Å². The van der Waals surface area contributed by atoms with E-state index < -0.39 is 0 Å². The first-order chi connectivity index (χ1) is 26.8. The molecule has 8 aromatic carbocycles. The number of thiophene rings is 2. The summed E-state index contributed by atoms with van der Waals surface area (Å²) in [5.74, 6) is -0.159. The summed E-state index contributed by atoms with van der Waals surface area (Å²) >= 11 is 3.63. The van der Waals surface area contributed by atoms with Crippen LogP contribution < -0.4 is 0 Å². The average molecular weight is 723 g/mol. The SMILES string of the molecule is c1ccc2c(c1)-c1c(c3sc4ccc5ccccc5c4c3c3ccccc13)C2c1nc2c(nc1-c1cccc3c1oc1ccccc13)sc1ccccc12. The lowest BCUT2D eigenvalue weighted by atomic mass is 9.87. The molecule has 12 aromatic rings. The molecule has 0 spiro atoms. The van der Waals surface area contributed by atoms with E-state index in [2.05, 4.69) is 146 Å². The van der Waals surface area contributed by atoms with Gasteiger partial charge in [0.05, 0.1) is 17.3 Å². The van der Waals surface area contributed by atoms with E-state index in [9.17, 15) is 0 Å². The topological polar surface area (TPSA) is 38.9 Å². The van der Waals surface area contributed by atoms with Gasteiger partial charge < -0.3 is 4.42 Å². The third-order valence-electron chi connectivity index (χ3n) is 11.6. The maximum absolute atomic E-state index is 6.71. The summed E-state index contributed by atoms with van der Waals surface area (Å²) in [5, 5.41) is 11.1. The van der Waals surface area contributed by atoms with Crippen LogP contribution >= 0.6 is 22.7 Å². The van der Waals surface area contributed by atoms with Crippen LogP contribution in [0.4, 0.5) is 0 Å². The molecule has 13 rings (SSSR count). The Kier molecular flexibility index (Phi) is 5.71. The number of benzene rings is 8. The molecule has 1 atom stereocenters. The molecule has 0 saturated carbocycles. The Morgan fingerprint density at radius 1 is 0.500 bits per heavy atom. The lowest BCUT2D eigenvalue weighted by molar-refractivity contribution is 0.669. The second-order valence-corrected chi connectivity index (χ2v) is 16.4. The van der Waals surface area contributed by atoms with Crippen molar-refractivity contribution in [1.29, 1.82) is 0 Å². The molecule has 1 unspecified atom stereocenters. The van der Waals surface area contributed by atoms with Gasteiger partial charge in [-0.3, -0.25) is 0 Å². The number of rotatable bonds is 2. The summed E-state index contributed by atoms with van der Waals surface area (Å²) in [6, 6.07) is 54.8. The molecule has 4 aromatic heterocycles. The largest absolute Gasteiger partial charge is 0.455 e. The Hall–Kier alpha value is -6.40. The van der Waals surface area contributed by atoms with Crippen LogP contribution in [0.15, 0.2) is 156 Å². The van der Waals surface area contributed by atoms with Crippen molar-refractivity contribution in [3.8, 4) is 22.4 Å². The van der Waals surface area contributed by atoms with E-state index in [1.54, 1.807) is 11.3 Å². The Morgan fingerprint density at radius 2 is 1.22 bits per heavy atom. The van der Waals surface area contributed by atoms with Crippen LogP contribution in [0, 0.1) is 0 Å². The third kappa shape index (κ3) is 3.75. The molecule has 0 saturated heterocycles. The minimum absolute atomic E-state index is 0.159. The molecule has 3 nitrogen and oxygen atoms in total. The lowest BCUT2D eigenvalue weighted by Gasteiger charge is -2.19. The first kappa shape index (κ1) is 29.1. The smallest absolute Gasteiger partial charge is 0.144 e. The zero-order chi connectivity index (χ0) is 35.1. The lowest BCUT2D eigenvalue weighted by Crippen LogP contribution is -2.07. The number of para-hydroxylation sites is 2. The van der Waals surface area contributed by atoms with E-state index >= 15 is 0 Å². The highest BCUT2D eigenvalue weighted by Crippen LogP contribution is 2.58. The molecule has 1 aliphatic carbocycles. The summed E-state index contributed by atoms with van der Waals surface area (Å²) in [5.41, 5.74) is 10.6. The number of fused-ring (bicyclic) bond motifs is 18. The Morgan fingerprint density at radius 3 is 2.15 bits per heavy atom. The summed E-state index contributed by atoms with van der Waals surface area (Å²) < 4.78 is 10.5. The minimum Gasteiger partial charge on any atom is -0.455 e. The predicted octanol–water partition coefficient (Wildman–Crippen LogP) is 14.2. The zero-order valence-electron chi connectivity index (χ0n) is 28.6. The maximum atomic E-state index is 6.71. The number of hydrogen-bond acceptors (Lipinski definition) is 5. The van der Waals surface area contributed by atoms with Crippen molar-refractivity contribution < 1.29 is 4.42 Å². The van der Waals surface area contributed by atoms with Gasteiger partial charge >= 0.3 is 0 Å². The second kappa shape index (κ2) is 10.6. The van der Waals surface area contributed by atoms with Gasteiger partial charge in [-0.25, -0.2) is 9.97 Å². The van der Waals surface area contributed by atoms with Crippen molar-refractivity contribution in [3.63, 3.8) is 0 Å². The highest BCUT2D eigenvalue weighted by molar-refractivity contribution is 7.26. The van der Waals surface area contributed by atoms with Crippen molar-refractivity contribution in [2.24, 2.45) is 0 Å². The van der Waals surface area contributed by atoms with Gasteiger partial charge in [0.2, 0.25) is 0 Å². The molecular formula is C49H26N2OS2. The second-order valence-electron chi connectivity index (χ2n) is 14.3.